The molecule has 0 unspecified atom stereocenters. The van der Waals surface area contributed by atoms with E-state index in [2.05, 4.69) is 0 Å². The van der Waals surface area contributed by atoms with Crippen molar-refractivity contribution in [3.8, 4) is 0 Å². The van der Waals surface area contributed by atoms with E-state index in [1.54, 1.807) is 0 Å². The average molecular weight is 239 g/mol. The average Bonchev–Trinajstić information content (AvgIpc) is 2.28. The van der Waals surface area contributed by atoms with Crippen LogP contribution in [0.25, 0.3) is 0 Å². The lowest BCUT2D eigenvalue weighted by molar-refractivity contribution is -0.384. The Hall–Kier alpha value is -2.28. The third-order valence-electron chi connectivity index (χ3n) is 2.06. The topological polar surface area (TPSA) is 118 Å². The quantitative estimate of drug-likeness (QED) is 0.441. The van der Waals surface area contributed by atoms with Gasteiger partial charge in [-0.25, -0.2) is 4.79 Å². The smallest absolute Gasteiger partial charge is 0.332 e. The summed E-state index contributed by atoms with van der Waals surface area (Å²) in [5.41, 5.74) is -0.0452. The lowest BCUT2D eigenvalue weighted by atomic mass is 10.1. The van der Waals surface area contributed by atoms with Crippen molar-refractivity contribution in [3.63, 3.8) is 0 Å². The number of aliphatic carboxylic acids is 1. The number of ketones is 1. The second kappa shape index (κ2) is 5.17. The predicted molar refractivity (Wildman–Crippen MR) is 55.7 cm³/mol. The molecule has 0 radical (unpaired) electrons. The van der Waals surface area contributed by atoms with Crippen molar-refractivity contribution in [2.75, 3.05) is 0 Å². The Morgan fingerprint density at radius 1 is 1.29 bits per heavy atom. The van der Waals surface area contributed by atoms with Gasteiger partial charge in [0.25, 0.3) is 5.69 Å². The molecule has 0 aliphatic heterocycles. The van der Waals surface area contributed by atoms with E-state index in [1.165, 1.54) is 12.1 Å². The molecule has 0 amide bonds. The van der Waals surface area contributed by atoms with Gasteiger partial charge in [-0.1, -0.05) is 0 Å². The van der Waals surface area contributed by atoms with Crippen LogP contribution in [0.5, 0.6) is 0 Å². The Labute approximate surface area is 95.5 Å². The van der Waals surface area contributed by atoms with Crippen LogP contribution in [0.4, 0.5) is 5.69 Å². The first-order valence-corrected chi connectivity index (χ1v) is 4.60. The van der Waals surface area contributed by atoms with Crippen molar-refractivity contribution in [3.05, 3.63) is 39.9 Å². The Balaban J connectivity index is 2.77. The van der Waals surface area contributed by atoms with Gasteiger partial charge in [0.15, 0.2) is 11.9 Å². The summed E-state index contributed by atoms with van der Waals surface area (Å²) in [5.74, 6) is -2.07. The predicted octanol–water partition coefficient (Wildman–Crippen LogP) is 0.613. The van der Waals surface area contributed by atoms with Crippen molar-refractivity contribution in [2.45, 2.75) is 12.5 Å². The number of carbonyl (C=O) groups is 2. The fourth-order valence-corrected chi connectivity index (χ4v) is 1.15. The molecule has 0 aliphatic carbocycles. The third kappa shape index (κ3) is 3.35. The summed E-state index contributed by atoms with van der Waals surface area (Å²) in [4.78, 5) is 31.5. The minimum absolute atomic E-state index is 0.121. The van der Waals surface area contributed by atoms with Crippen LogP contribution >= 0.6 is 0 Å². The zero-order chi connectivity index (χ0) is 13.0. The molecule has 0 aliphatic rings. The summed E-state index contributed by atoms with van der Waals surface area (Å²) < 4.78 is 0. The Morgan fingerprint density at radius 3 is 2.24 bits per heavy atom. The molecule has 0 saturated carbocycles. The van der Waals surface area contributed by atoms with E-state index in [4.69, 9.17) is 10.2 Å². The molecule has 1 rings (SSSR count). The van der Waals surface area contributed by atoms with Crippen LogP contribution in [-0.4, -0.2) is 33.0 Å². The summed E-state index contributed by atoms with van der Waals surface area (Å²) >= 11 is 0. The van der Waals surface area contributed by atoms with Crippen LogP contribution < -0.4 is 0 Å². The summed E-state index contributed by atoms with van der Waals surface area (Å²) in [6, 6.07) is 4.71. The number of hydrogen-bond donors (Lipinski definition) is 2. The lowest BCUT2D eigenvalue weighted by Crippen LogP contribution is -2.23. The highest BCUT2D eigenvalue weighted by Crippen LogP contribution is 2.13. The number of nitro benzene ring substituents is 1. The molecule has 7 nitrogen and oxygen atoms in total. The third-order valence-corrected chi connectivity index (χ3v) is 2.06. The molecule has 1 aromatic rings. The summed E-state index contributed by atoms with van der Waals surface area (Å²) in [6.45, 7) is 0. The molecule has 7 heteroatoms. The van der Waals surface area contributed by atoms with Crippen LogP contribution in [-0.2, 0) is 4.79 Å². The van der Waals surface area contributed by atoms with Gasteiger partial charge in [-0.2, -0.15) is 0 Å². The number of carbonyl (C=O) groups excluding carboxylic acids is 1. The van der Waals surface area contributed by atoms with Gasteiger partial charge in [0, 0.05) is 24.1 Å². The van der Waals surface area contributed by atoms with Crippen LogP contribution in [0.3, 0.4) is 0 Å². The molecule has 2 N–H and O–H groups in total. The van der Waals surface area contributed by atoms with Crippen LogP contribution in [0.15, 0.2) is 24.3 Å². The monoisotopic (exact) mass is 239 g/mol. The van der Waals surface area contributed by atoms with E-state index >= 15 is 0 Å². The highest BCUT2D eigenvalue weighted by atomic mass is 16.6. The first kappa shape index (κ1) is 12.8. The highest BCUT2D eigenvalue weighted by molar-refractivity contribution is 5.98. The molecule has 0 saturated heterocycles. The molecule has 0 spiro atoms. The fourth-order valence-electron chi connectivity index (χ4n) is 1.15. The number of non-ortho nitro benzene ring substituents is 1. The van der Waals surface area contributed by atoms with Crippen LogP contribution in [0.2, 0.25) is 0 Å². The second-order valence-electron chi connectivity index (χ2n) is 3.29. The normalized spacial score (nSPS) is 11.8. The summed E-state index contributed by atoms with van der Waals surface area (Å²) in [6.07, 6.45) is -2.33. The number of hydrogen-bond acceptors (Lipinski definition) is 5. The Morgan fingerprint density at radius 2 is 1.82 bits per heavy atom. The molecule has 0 heterocycles. The maximum absolute atomic E-state index is 11.4. The number of aliphatic hydroxyl groups excluding tert-OH is 1. The standard InChI is InChI=1S/C10H9NO6/c12-8(5-9(13)10(14)15)6-1-3-7(4-2-6)11(16)17/h1-4,9,13H,5H2,(H,14,15)/t9-/m0/s1. The number of carboxylic acid groups (broad SMARTS) is 1. The summed E-state index contributed by atoms with van der Waals surface area (Å²) in [5, 5.41) is 27.7. The molecule has 90 valence electrons. The lowest BCUT2D eigenvalue weighted by Gasteiger charge is -2.04. The van der Waals surface area contributed by atoms with E-state index in [9.17, 15) is 19.7 Å². The van der Waals surface area contributed by atoms with E-state index in [0.717, 1.165) is 12.1 Å². The fraction of sp³-hybridized carbons (Fsp3) is 0.200. The first-order valence-electron chi connectivity index (χ1n) is 4.60. The van der Waals surface area contributed by atoms with Gasteiger partial charge in [0.05, 0.1) is 4.92 Å². The van der Waals surface area contributed by atoms with Crippen molar-refractivity contribution in [2.24, 2.45) is 0 Å². The van der Waals surface area contributed by atoms with Crippen molar-refractivity contribution in [1.29, 1.82) is 0 Å². The maximum Gasteiger partial charge on any atom is 0.332 e. The van der Waals surface area contributed by atoms with Crippen molar-refractivity contribution >= 4 is 17.4 Å². The number of rotatable bonds is 5. The minimum Gasteiger partial charge on any atom is -0.479 e. The van der Waals surface area contributed by atoms with Crippen molar-refractivity contribution in [1.82, 2.24) is 0 Å². The molecule has 17 heavy (non-hydrogen) atoms. The van der Waals surface area contributed by atoms with Gasteiger partial charge >= 0.3 is 5.97 Å². The second-order valence-corrected chi connectivity index (χ2v) is 3.29. The van der Waals surface area contributed by atoms with Gasteiger partial charge in [0.2, 0.25) is 0 Å². The van der Waals surface area contributed by atoms with Gasteiger partial charge in [-0.05, 0) is 12.1 Å². The van der Waals surface area contributed by atoms with Crippen LogP contribution in [0.1, 0.15) is 16.8 Å². The molecule has 1 atom stereocenters. The highest BCUT2D eigenvalue weighted by Gasteiger charge is 2.19. The molecule has 1 aromatic carbocycles. The van der Waals surface area contributed by atoms with Crippen LogP contribution in [0, 0.1) is 10.1 Å². The van der Waals surface area contributed by atoms with Crippen molar-refractivity contribution < 1.29 is 24.7 Å². The van der Waals surface area contributed by atoms with E-state index in [1.807, 2.05) is 0 Å². The zero-order valence-corrected chi connectivity index (χ0v) is 8.57. The SMILES string of the molecule is O=C(C[C@H](O)C(=O)O)c1ccc([N+](=O)[O-])cc1. The minimum atomic E-state index is -1.77. The van der Waals surface area contributed by atoms with E-state index < -0.39 is 29.2 Å². The number of nitro groups is 1. The molecular weight excluding hydrogens is 230 g/mol. The largest absolute Gasteiger partial charge is 0.479 e. The number of aliphatic hydroxyl groups is 1. The van der Waals surface area contributed by atoms with Gasteiger partial charge in [-0.3, -0.25) is 14.9 Å². The number of nitrogens with zero attached hydrogens (tertiary/aromatic N) is 1. The number of carboxylic acids is 1. The number of benzene rings is 1. The Kier molecular flexibility index (Phi) is 3.89. The van der Waals surface area contributed by atoms with E-state index in [0.29, 0.717) is 0 Å². The van der Waals surface area contributed by atoms with E-state index in [-0.39, 0.29) is 11.3 Å². The Bertz CT molecular complexity index is 452. The molecular formula is C10H9NO6. The summed E-state index contributed by atoms with van der Waals surface area (Å²) in [7, 11) is 0. The van der Waals surface area contributed by atoms with Gasteiger partial charge in [0.1, 0.15) is 0 Å². The molecule has 0 aromatic heterocycles. The van der Waals surface area contributed by atoms with Gasteiger partial charge < -0.3 is 10.2 Å². The number of Topliss-reactive ketones (excluding diaryl/α,β-unsaturated/α-hetero) is 1. The van der Waals surface area contributed by atoms with Gasteiger partial charge in [-0.15, -0.1) is 0 Å². The maximum atomic E-state index is 11.4. The first-order chi connectivity index (χ1) is 7.91. The molecule has 0 bridgehead atoms. The zero-order valence-electron chi connectivity index (χ0n) is 8.57. The molecule has 0 fully saturated rings.